The van der Waals surface area contributed by atoms with Crippen LogP contribution in [-0.2, 0) is 10.0 Å². The van der Waals surface area contributed by atoms with Crippen molar-refractivity contribution in [2.45, 2.75) is 31.7 Å². The van der Waals surface area contributed by atoms with E-state index in [-0.39, 0.29) is 29.3 Å². The highest BCUT2D eigenvalue weighted by Crippen LogP contribution is 2.16. The predicted octanol–water partition coefficient (Wildman–Crippen LogP) is 1.22. The van der Waals surface area contributed by atoms with Gasteiger partial charge in [0.25, 0.3) is 5.91 Å². The van der Waals surface area contributed by atoms with Gasteiger partial charge in [0.2, 0.25) is 10.0 Å². The lowest BCUT2D eigenvalue weighted by molar-refractivity contribution is 0.0941. The molecule has 0 aliphatic heterocycles. The standard InChI is InChI=1S/C14H23N3O3S.ClH/c1-4-17(5-2)21(19,20)13-8-6-12(7-9-13)14(18)16-11(3)10-15;/h6-9,11H,4-5,10,15H2,1-3H3,(H,16,18);1H/t11-;/m0./s1. The molecule has 1 rings (SSSR count). The van der Waals surface area contributed by atoms with Crippen LogP contribution in [0.25, 0.3) is 0 Å². The zero-order valence-corrected chi connectivity index (χ0v) is 14.7. The van der Waals surface area contributed by atoms with Gasteiger partial charge in [-0.3, -0.25) is 4.79 Å². The Hall–Kier alpha value is -1.15. The van der Waals surface area contributed by atoms with E-state index >= 15 is 0 Å². The smallest absolute Gasteiger partial charge is 0.251 e. The SMILES string of the molecule is CCN(CC)S(=O)(=O)c1ccc(C(=O)N[C@@H](C)CN)cc1.Cl. The minimum absolute atomic E-state index is 0. The molecule has 0 fully saturated rings. The van der Waals surface area contributed by atoms with E-state index in [1.165, 1.54) is 28.6 Å². The summed E-state index contributed by atoms with van der Waals surface area (Å²) in [6.45, 7) is 6.55. The van der Waals surface area contributed by atoms with Crippen molar-refractivity contribution in [2.75, 3.05) is 19.6 Å². The van der Waals surface area contributed by atoms with Crippen LogP contribution in [-0.4, -0.2) is 44.3 Å². The molecule has 1 amide bonds. The summed E-state index contributed by atoms with van der Waals surface area (Å²) in [5.41, 5.74) is 5.85. The second-order valence-corrected chi connectivity index (χ2v) is 6.66. The summed E-state index contributed by atoms with van der Waals surface area (Å²) in [4.78, 5) is 12.1. The first-order valence-corrected chi connectivity index (χ1v) is 8.41. The van der Waals surface area contributed by atoms with Crippen LogP contribution in [0.4, 0.5) is 0 Å². The second kappa shape index (κ2) is 9.09. The van der Waals surface area contributed by atoms with E-state index in [0.29, 0.717) is 25.2 Å². The molecule has 6 nitrogen and oxygen atoms in total. The van der Waals surface area contributed by atoms with Gasteiger partial charge in [-0.1, -0.05) is 13.8 Å². The van der Waals surface area contributed by atoms with E-state index in [1.807, 2.05) is 0 Å². The molecular formula is C14H24ClN3O3S. The first-order chi connectivity index (χ1) is 9.86. The van der Waals surface area contributed by atoms with E-state index in [0.717, 1.165) is 0 Å². The maximum atomic E-state index is 12.3. The Labute approximate surface area is 138 Å². The summed E-state index contributed by atoms with van der Waals surface area (Å²) in [6.07, 6.45) is 0. The normalized spacial score (nSPS) is 12.6. The van der Waals surface area contributed by atoms with Gasteiger partial charge in [-0.05, 0) is 31.2 Å². The molecule has 0 unspecified atom stereocenters. The lowest BCUT2D eigenvalue weighted by Crippen LogP contribution is -2.37. The molecule has 0 spiro atoms. The van der Waals surface area contributed by atoms with Crippen LogP contribution in [0.2, 0.25) is 0 Å². The molecule has 0 radical (unpaired) electrons. The van der Waals surface area contributed by atoms with Gasteiger partial charge in [-0.15, -0.1) is 12.4 Å². The molecule has 0 saturated carbocycles. The Kier molecular flexibility index (Phi) is 8.62. The highest BCUT2D eigenvalue weighted by molar-refractivity contribution is 7.89. The fraction of sp³-hybridized carbons (Fsp3) is 0.500. The average Bonchev–Trinajstić information content (AvgIpc) is 2.48. The number of carbonyl (C=O) groups excluding carboxylic acids is 1. The summed E-state index contributed by atoms with van der Waals surface area (Å²) in [5, 5.41) is 2.73. The Morgan fingerprint density at radius 2 is 1.73 bits per heavy atom. The minimum atomic E-state index is -3.49. The third-order valence-electron chi connectivity index (χ3n) is 3.19. The van der Waals surface area contributed by atoms with Gasteiger partial charge in [0.05, 0.1) is 4.90 Å². The van der Waals surface area contributed by atoms with Gasteiger partial charge in [0, 0.05) is 31.2 Å². The molecule has 3 N–H and O–H groups in total. The third-order valence-corrected chi connectivity index (χ3v) is 5.25. The molecule has 0 aromatic heterocycles. The number of rotatable bonds is 7. The second-order valence-electron chi connectivity index (χ2n) is 4.72. The minimum Gasteiger partial charge on any atom is -0.348 e. The quantitative estimate of drug-likeness (QED) is 0.774. The number of carbonyl (C=O) groups is 1. The number of hydrogen-bond acceptors (Lipinski definition) is 4. The van der Waals surface area contributed by atoms with Crippen molar-refractivity contribution in [3.63, 3.8) is 0 Å². The average molecular weight is 350 g/mol. The first-order valence-electron chi connectivity index (χ1n) is 6.97. The molecule has 1 aromatic carbocycles. The van der Waals surface area contributed by atoms with Crippen molar-refractivity contribution in [1.29, 1.82) is 0 Å². The van der Waals surface area contributed by atoms with Crippen LogP contribution in [0.1, 0.15) is 31.1 Å². The molecule has 0 bridgehead atoms. The first kappa shape index (κ1) is 20.9. The number of amides is 1. The van der Waals surface area contributed by atoms with Crippen LogP contribution in [0.5, 0.6) is 0 Å². The number of nitrogens with zero attached hydrogens (tertiary/aromatic N) is 1. The molecule has 0 saturated heterocycles. The van der Waals surface area contributed by atoms with Crippen LogP contribution in [0, 0.1) is 0 Å². The number of sulfonamides is 1. The molecule has 0 aliphatic carbocycles. The van der Waals surface area contributed by atoms with Crippen LogP contribution in [0.3, 0.4) is 0 Å². The molecule has 22 heavy (non-hydrogen) atoms. The number of nitrogens with two attached hydrogens (primary N) is 1. The van der Waals surface area contributed by atoms with Crippen molar-refractivity contribution in [3.05, 3.63) is 29.8 Å². The van der Waals surface area contributed by atoms with Crippen molar-refractivity contribution in [3.8, 4) is 0 Å². The third kappa shape index (κ3) is 4.95. The Morgan fingerprint density at radius 3 is 2.14 bits per heavy atom. The topological polar surface area (TPSA) is 92.5 Å². The van der Waals surface area contributed by atoms with Gasteiger partial charge >= 0.3 is 0 Å². The van der Waals surface area contributed by atoms with Crippen molar-refractivity contribution < 1.29 is 13.2 Å². The van der Waals surface area contributed by atoms with Crippen LogP contribution in [0.15, 0.2) is 29.2 Å². The van der Waals surface area contributed by atoms with Gasteiger partial charge in [0.15, 0.2) is 0 Å². The van der Waals surface area contributed by atoms with Gasteiger partial charge in [0.1, 0.15) is 0 Å². The van der Waals surface area contributed by atoms with Gasteiger partial charge in [-0.25, -0.2) is 8.42 Å². The van der Waals surface area contributed by atoms with Crippen LogP contribution < -0.4 is 11.1 Å². The molecule has 8 heteroatoms. The zero-order valence-electron chi connectivity index (χ0n) is 13.1. The summed E-state index contributed by atoms with van der Waals surface area (Å²) in [7, 11) is -3.49. The van der Waals surface area contributed by atoms with E-state index in [1.54, 1.807) is 20.8 Å². The maximum Gasteiger partial charge on any atom is 0.251 e. The molecule has 0 heterocycles. The summed E-state index contributed by atoms with van der Waals surface area (Å²) in [5.74, 6) is -0.264. The number of hydrogen-bond donors (Lipinski definition) is 2. The molecule has 1 aromatic rings. The van der Waals surface area contributed by atoms with Crippen molar-refractivity contribution in [1.82, 2.24) is 9.62 Å². The van der Waals surface area contributed by atoms with E-state index in [4.69, 9.17) is 5.73 Å². The van der Waals surface area contributed by atoms with Crippen LogP contribution >= 0.6 is 12.4 Å². The summed E-state index contributed by atoms with van der Waals surface area (Å²) in [6, 6.07) is 5.80. The molecule has 0 aliphatic rings. The van der Waals surface area contributed by atoms with E-state index in [9.17, 15) is 13.2 Å². The fourth-order valence-corrected chi connectivity index (χ4v) is 3.31. The predicted molar refractivity (Wildman–Crippen MR) is 89.8 cm³/mol. The highest BCUT2D eigenvalue weighted by atomic mass is 35.5. The molecule has 1 atom stereocenters. The lowest BCUT2D eigenvalue weighted by Gasteiger charge is -2.18. The van der Waals surface area contributed by atoms with Gasteiger partial charge in [-0.2, -0.15) is 4.31 Å². The zero-order chi connectivity index (χ0) is 16.0. The van der Waals surface area contributed by atoms with Crippen molar-refractivity contribution in [2.24, 2.45) is 5.73 Å². The Bertz CT molecular complexity index is 572. The number of nitrogens with one attached hydrogen (secondary N) is 1. The Balaban J connectivity index is 0.00000441. The largest absolute Gasteiger partial charge is 0.348 e. The summed E-state index contributed by atoms with van der Waals surface area (Å²) >= 11 is 0. The number of halogens is 1. The number of benzene rings is 1. The molecule has 126 valence electrons. The van der Waals surface area contributed by atoms with E-state index in [2.05, 4.69) is 5.32 Å². The van der Waals surface area contributed by atoms with Crippen molar-refractivity contribution >= 4 is 28.3 Å². The maximum absolute atomic E-state index is 12.3. The highest BCUT2D eigenvalue weighted by Gasteiger charge is 2.21. The summed E-state index contributed by atoms with van der Waals surface area (Å²) < 4.78 is 26.0. The van der Waals surface area contributed by atoms with Gasteiger partial charge < -0.3 is 11.1 Å². The Morgan fingerprint density at radius 1 is 1.23 bits per heavy atom. The fourth-order valence-electron chi connectivity index (χ4n) is 1.86. The van der Waals surface area contributed by atoms with E-state index < -0.39 is 10.0 Å². The lowest BCUT2D eigenvalue weighted by atomic mass is 10.2. The molecular weight excluding hydrogens is 326 g/mol. The monoisotopic (exact) mass is 349 g/mol.